The van der Waals surface area contributed by atoms with E-state index < -0.39 is 0 Å². The summed E-state index contributed by atoms with van der Waals surface area (Å²) in [4.78, 5) is 3.52. The number of benzene rings is 1. The number of aromatic nitrogens is 1. The second-order valence-electron chi connectivity index (χ2n) is 5.98. The summed E-state index contributed by atoms with van der Waals surface area (Å²) in [7, 11) is 1.69. The minimum atomic E-state index is 0.124. The Morgan fingerprint density at radius 1 is 1.33 bits per heavy atom. The van der Waals surface area contributed by atoms with Gasteiger partial charge in [-0.05, 0) is 35.4 Å². The Balaban J connectivity index is 2.09. The molecule has 1 heterocycles. The smallest absolute Gasteiger partial charge is 0.120 e. The summed E-state index contributed by atoms with van der Waals surface area (Å²) in [6.07, 6.45) is 1.15. The molecule has 3 heteroatoms. The van der Waals surface area contributed by atoms with E-state index in [1.165, 1.54) is 11.1 Å². The van der Waals surface area contributed by atoms with E-state index in [0.29, 0.717) is 12.0 Å². The number of ether oxygens (including phenoxy) is 1. The predicted molar refractivity (Wildman–Crippen MR) is 74.0 cm³/mol. The quantitative estimate of drug-likeness (QED) is 0.872. The number of H-pyrrole nitrogens is 1. The molecule has 1 unspecified atom stereocenters. The average Bonchev–Trinajstić information content (AvgIpc) is 2.73. The summed E-state index contributed by atoms with van der Waals surface area (Å²) < 4.78 is 5.26. The molecule has 0 saturated heterocycles. The number of rotatable bonds is 3. The van der Waals surface area contributed by atoms with E-state index in [4.69, 9.17) is 10.5 Å². The van der Waals surface area contributed by atoms with Crippen LogP contribution in [0, 0.1) is 5.41 Å². The van der Waals surface area contributed by atoms with Crippen molar-refractivity contribution in [3.05, 3.63) is 30.0 Å². The highest BCUT2D eigenvalue weighted by Gasteiger charge is 2.61. The molecule has 1 saturated carbocycles. The molecule has 0 aliphatic heterocycles. The maximum absolute atomic E-state index is 6.01. The molecule has 1 atom stereocenters. The van der Waals surface area contributed by atoms with E-state index >= 15 is 0 Å². The topological polar surface area (TPSA) is 51.0 Å². The lowest BCUT2D eigenvalue weighted by Crippen LogP contribution is -2.25. The molecule has 1 aliphatic rings. The van der Waals surface area contributed by atoms with Crippen molar-refractivity contribution >= 4 is 10.9 Å². The van der Waals surface area contributed by atoms with E-state index in [-0.39, 0.29) is 5.41 Å². The molecule has 18 heavy (non-hydrogen) atoms. The molecule has 96 valence electrons. The second-order valence-corrected chi connectivity index (χ2v) is 5.98. The van der Waals surface area contributed by atoms with Gasteiger partial charge in [-0.3, -0.25) is 0 Å². The lowest BCUT2D eigenvalue weighted by molar-refractivity contribution is 0.415. The summed E-state index contributed by atoms with van der Waals surface area (Å²) in [5, 5.41) is 1.22. The van der Waals surface area contributed by atoms with Crippen molar-refractivity contribution in [2.75, 3.05) is 13.7 Å². The number of nitrogens with one attached hydrogen (secondary N) is 1. The van der Waals surface area contributed by atoms with Gasteiger partial charge in [0.1, 0.15) is 5.75 Å². The second kappa shape index (κ2) is 3.51. The summed E-state index contributed by atoms with van der Waals surface area (Å²) in [6.45, 7) is 5.27. The van der Waals surface area contributed by atoms with Crippen molar-refractivity contribution in [3.8, 4) is 5.75 Å². The lowest BCUT2D eigenvalue weighted by atomic mass is 9.92. The number of hydrogen-bond acceptors (Lipinski definition) is 2. The summed E-state index contributed by atoms with van der Waals surface area (Å²) in [5.74, 6) is 0.882. The number of hydrogen-bond donors (Lipinski definition) is 2. The average molecular weight is 244 g/mol. The van der Waals surface area contributed by atoms with Crippen LogP contribution in [0.4, 0.5) is 0 Å². The standard InChI is InChI=1S/C15H20N2O/c1-14(2)8-15(14,9-16)13-6-10-4-5-11(18-3)7-12(10)17-13/h4-7,17H,8-9,16H2,1-3H3. The van der Waals surface area contributed by atoms with E-state index in [1.807, 2.05) is 12.1 Å². The molecule has 1 aromatic carbocycles. The van der Waals surface area contributed by atoms with Crippen LogP contribution in [0.3, 0.4) is 0 Å². The molecule has 0 radical (unpaired) electrons. The molecule has 1 aromatic heterocycles. The number of methoxy groups -OCH3 is 1. The molecule has 3 nitrogen and oxygen atoms in total. The Morgan fingerprint density at radius 3 is 2.61 bits per heavy atom. The Kier molecular flexibility index (Phi) is 2.26. The Morgan fingerprint density at radius 2 is 2.06 bits per heavy atom. The lowest BCUT2D eigenvalue weighted by Gasteiger charge is -2.16. The Bertz CT molecular complexity index is 600. The summed E-state index contributed by atoms with van der Waals surface area (Å²) in [5.41, 5.74) is 8.82. The van der Waals surface area contributed by atoms with Crippen molar-refractivity contribution in [2.24, 2.45) is 11.1 Å². The Hall–Kier alpha value is -1.48. The highest BCUT2D eigenvalue weighted by molar-refractivity contribution is 5.82. The van der Waals surface area contributed by atoms with Crippen LogP contribution in [0.1, 0.15) is 26.0 Å². The monoisotopic (exact) mass is 244 g/mol. The zero-order valence-electron chi connectivity index (χ0n) is 11.2. The third kappa shape index (κ3) is 1.40. The fourth-order valence-electron chi connectivity index (χ4n) is 3.12. The Labute approximate surface area is 107 Å². The van der Waals surface area contributed by atoms with Crippen molar-refractivity contribution in [2.45, 2.75) is 25.7 Å². The first kappa shape index (κ1) is 11.6. The van der Waals surface area contributed by atoms with Crippen LogP contribution in [0.2, 0.25) is 0 Å². The molecule has 3 rings (SSSR count). The molecule has 2 aromatic rings. The van der Waals surface area contributed by atoms with Gasteiger partial charge >= 0.3 is 0 Å². The molecule has 0 bridgehead atoms. The van der Waals surface area contributed by atoms with Gasteiger partial charge in [0, 0.05) is 29.2 Å². The SMILES string of the molecule is COc1ccc2cc(C3(CN)CC3(C)C)[nH]c2c1. The fourth-order valence-corrected chi connectivity index (χ4v) is 3.12. The third-order valence-corrected chi connectivity index (χ3v) is 4.61. The van der Waals surface area contributed by atoms with Crippen molar-refractivity contribution < 1.29 is 4.74 Å². The third-order valence-electron chi connectivity index (χ3n) is 4.61. The molecule has 3 N–H and O–H groups in total. The van der Waals surface area contributed by atoms with Crippen LogP contribution in [0.5, 0.6) is 5.75 Å². The number of fused-ring (bicyclic) bond motifs is 1. The van der Waals surface area contributed by atoms with Crippen LogP contribution < -0.4 is 10.5 Å². The van der Waals surface area contributed by atoms with Crippen LogP contribution in [-0.4, -0.2) is 18.6 Å². The number of aromatic amines is 1. The first-order valence-electron chi connectivity index (χ1n) is 6.40. The highest BCUT2D eigenvalue weighted by atomic mass is 16.5. The van der Waals surface area contributed by atoms with Crippen LogP contribution in [-0.2, 0) is 5.41 Å². The van der Waals surface area contributed by atoms with Gasteiger partial charge in [0.25, 0.3) is 0 Å². The van der Waals surface area contributed by atoms with Crippen molar-refractivity contribution in [1.82, 2.24) is 4.98 Å². The molecular weight excluding hydrogens is 224 g/mol. The summed E-state index contributed by atoms with van der Waals surface area (Å²) >= 11 is 0. The van der Waals surface area contributed by atoms with Gasteiger partial charge in [-0.1, -0.05) is 13.8 Å². The molecule has 0 spiro atoms. The maximum atomic E-state index is 6.01. The minimum Gasteiger partial charge on any atom is -0.497 e. The van der Waals surface area contributed by atoms with E-state index in [0.717, 1.165) is 17.7 Å². The van der Waals surface area contributed by atoms with Crippen LogP contribution in [0.15, 0.2) is 24.3 Å². The minimum absolute atomic E-state index is 0.124. The van der Waals surface area contributed by atoms with Gasteiger partial charge in [-0.25, -0.2) is 0 Å². The first-order chi connectivity index (χ1) is 8.52. The van der Waals surface area contributed by atoms with Crippen molar-refractivity contribution in [3.63, 3.8) is 0 Å². The van der Waals surface area contributed by atoms with Gasteiger partial charge in [-0.15, -0.1) is 0 Å². The zero-order valence-corrected chi connectivity index (χ0v) is 11.2. The van der Waals surface area contributed by atoms with Gasteiger partial charge in [0.05, 0.1) is 7.11 Å². The van der Waals surface area contributed by atoms with Crippen LogP contribution >= 0.6 is 0 Å². The first-order valence-corrected chi connectivity index (χ1v) is 6.40. The normalized spacial score (nSPS) is 25.3. The number of nitrogens with two attached hydrogens (primary N) is 1. The van der Waals surface area contributed by atoms with Gasteiger partial charge in [0.15, 0.2) is 0 Å². The summed E-state index contributed by atoms with van der Waals surface area (Å²) in [6, 6.07) is 8.36. The van der Waals surface area contributed by atoms with Crippen LogP contribution in [0.25, 0.3) is 10.9 Å². The fraction of sp³-hybridized carbons (Fsp3) is 0.467. The largest absolute Gasteiger partial charge is 0.497 e. The van der Waals surface area contributed by atoms with Gasteiger partial charge < -0.3 is 15.5 Å². The maximum Gasteiger partial charge on any atom is 0.120 e. The molecule has 1 aliphatic carbocycles. The zero-order chi connectivity index (χ0) is 13.0. The van der Waals surface area contributed by atoms with E-state index in [1.54, 1.807) is 7.11 Å². The van der Waals surface area contributed by atoms with E-state index in [9.17, 15) is 0 Å². The van der Waals surface area contributed by atoms with Gasteiger partial charge in [0.2, 0.25) is 0 Å². The predicted octanol–water partition coefficient (Wildman–Crippen LogP) is 2.80. The van der Waals surface area contributed by atoms with Crippen molar-refractivity contribution in [1.29, 1.82) is 0 Å². The molecule has 0 amide bonds. The van der Waals surface area contributed by atoms with E-state index in [2.05, 4.69) is 31.0 Å². The molecular formula is C15H20N2O. The van der Waals surface area contributed by atoms with Gasteiger partial charge in [-0.2, -0.15) is 0 Å². The molecule has 1 fully saturated rings. The highest BCUT2D eigenvalue weighted by Crippen LogP contribution is 2.63.